The highest BCUT2D eigenvalue weighted by molar-refractivity contribution is 9.10. The number of nitrogens with one attached hydrogen (secondary N) is 1. The lowest BCUT2D eigenvalue weighted by molar-refractivity contribution is 0.600. The van der Waals surface area contributed by atoms with Crippen molar-refractivity contribution in [2.45, 2.75) is 18.2 Å². The molecule has 0 aliphatic rings. The molecule has 7 heteroatoms. The summed E-state index contributed by atoms with van der Waals surface area (Å²) < 4.78 is 28.3. The third kappa shape index (κ3) is 3.70. The lowest BCUT2D eigenvalue weighted by Crippen LogP contribution is -2.15. The minimum atomic E-state index is -3.74. The predicted molar refractivity (Wildman–Crippen MR) is 90.2 cm³/mol. The van der Waals surface area contributed by atoms with Gasteiger partial charge in [-0.1, -0.05) is 24.6 Å². The van der Waals surface area contributed by atoms with Crippen LogP contribution in [-0.2, 0) is 16.4 Å². The number of rotatable bonds is 4. The van der Waals surface area contributed by atoms with Gasteiger partial charge in [-0.05, 0) is 58.2 Å². The van der Waals surface area contributed by atoms with Crippen LogP contribution in [0.2, 0.25) is 5.02 Å². The molecule has 0 spiro atoms. The van der Waals surface area contributed by atoms with Gasteiger partial charge in [0.05, 0.1) is 10.6 Å². The van der Waals surface area contributed by atoms with E-state index in [1.165, 1.54) is 6.07 Å². The standard InChI is InChI=1S/C14H14BrClN2O2S/c1-2-9-3-5-11(17)8-14(9)21(19,20)18-13-7-10(16)4-6-12(13)15/h3-8,18H,2,17H2,1H3. The Balaban J connectivity index is 2.48. The fourth-order valence-corrected chi connectivity index (χ4v) is 3.96. The number of sulfonamides is 1. The van der Waals surface area contributed by atoms with Crippen LogP contribution >= 0.6 is 27.5 Å². The fraction of sp³-hybridized carbons (Fsp3) is 0.143. The Hall–Kier alpha value is -1.24. The highest BCUT2D eigenvalue weighted by Crippen LogP contribution is 2.29. The smallest absolute Gasteiger partial charge is 0.262 e. The van der Waals surface area contributed by atoms with Crippen molar-refractivity contribution in [2.24, 2.45) is 0 Å². The summed E-state index contributed by atoms with van der Waals surface area (Å²) in [6, 6.07) is 9.76. The largest absolute Gasteiger partial charge is 0.399 e. The fourth-order valence-electron chi connectivity index (χ4n) is 1.89. The van der Waals surface area contributed by atoms with Crippen LogP contribution in [-0.4, -0.2) is 8.42 Å². The van der Waals surface area contributed by atoms with Crippen LogP contribution in [0, 0.1) is 0 Å². The zero-order valence-corrected chi connectivity index (χ0v) is 14.4. The van der Waals surface area contributed by atoms with Crippen LogP contribution in [0.5, 0.6) is 0 Å². The normalized spacial score (nSPS) is 11.4. The second kappa shape index (κ2) is 6.25. The van der Waals surface area contributed by atoms with Crippen LogP contribution in [0.3, 0.4) is 0 Å². The SMILES string of the molecule is CCc1ccc(N)cc1S(=O)(=O)Nc1cc(Cl)ccc1Br. The summed E-state index contributed by atoms with van der Waals surface area (Å²) in [4.78, 5) is 0.178. The van der Waals surface area contributed by atoms with E-state index in [0.29, 0.717) is 32.9 Å². The van der Waals surface area contributed by atoms with Gasteiger partial charge in [-0.25, -0.2) is 8.42 Å². The number of hydrogen-bond donors (Lipinski definition) is 2. The van der Waals surface area contributed by atoms with Crippen molar-refractivity contribution in [1.29, 1.82) is 0 Å². The second-order valence-corrected chi connectivity index (χ2v) is 7.39. The van der Waals surface area contributed by atoms with E-state index in [1.807, 2.05) is 6.92 Å². The molecule has 0 saturated heterocycles. The first-order valence-electron chi connectivity index (χ1n) is 6.19. The van der Waals surface area contributed by atoms with E-state index in [4.69, 9.17) is 17.3 Å². The third-order valence-electron chi connectivity index (χ3n) is 2.93. The van der Waals surface area contributed by atoms with Gasteiger partial charge in [0, 0.05) is 15.2 Å². The van der Waals surface area contributed by atoms with Gasteiger partial charge in [0.2, 0.25) is 0 Å². The van der Waals surface area contributed by atoms with E-state index in [1.54, 1.807) is 30.3 Å². The van der Waals surface area contributed by atoms with Crippen LogP contribution in [0.1, 0.15) is 12.5 Å². The minimum Gasteiger partial charge on any atom is -0.399 e. The van der Waals surface area contributed by atoms with E-state index in [9.17, 15) is 8.42 Å². The van der Waals surface area contributed by atoms with E-state index in [2.05, 4.69) is 20.7 Å². The molecule has 3 N–H and O–H groups in total. The number of nitrogen functional groups attached to an aromatic ring is 1. The number of hydrogen-bond acceptors (Lipinski definition) is 3. The molecule has 0 saturated carbocycles. The Kier molecular flexibility index (Phi) is 4.81. The summed E-state index contributed by atoms with van der Waals surface area (Å²) in [5.41, 5.74) is 7.19. The van der Waals surface area contributed by atoms with Gasteiger partial charge in [0.15, 0.2) is 0 Å². The number of benzene rings is 2. The van der Waals surface area contributed by atoms with Crippen molar-refractivity contribution in [2.75, 3.05) is 10.5 Å². The molecule has 0 radical (unpaired) electrons. The zero-order valence-electron chi connectivity index (χ0n) is 11.2. The molecule has 4 nitrogen and oxygen atoms in total. The maximum Gasteiger partial charge on any atom is 0.262 e. The minimum absolute atomic E-state index is 0.178. The van der Waals surface area contributed by atoms with E-state index >= 15 is 0 Å². The monoisotopic (exact) mass is 388 g/mol. The maximum absolute atomic E-state index is 12.6. The molecule has 0 fully saturated rings. The summed E-state index contributed by atoms with van der Waals surface area (Å²) in [5.74, 6) is 0. The number of anilines is 2. The molecule has 0 bridgehead atoms. The topological polar surface area (TPSA) is 72.2 Å². The van der Waals surface area contributed by atoms with Crippen molar-refractivity contribution >= 4 is 48.9 Å². The van der Waals surface area contributed by atoms with E-state index in [0.717, 1.165) is 0 Å². The number of halogens is 2. The van der Waals surface area contributed by atoms with Gasteiger partial charge in [-0.3, -0.25) is 4.72 Å². The average Bonchev–Trinajstić information content (AvgIpc) is 2.42. The Morgan fingerprint density at radius 1 is 1.24 bits per heavy atom. The molecule has 0 atom stereocenters. The lowest BCUT2D eigenvalue weighted by atomic mass is 10.1. The van der Waals surface area contributed by atoms with Gasteiger partial charge in [0.1, 0.15) is 0 Å². The molecular weight excluding hydrogens is 376 g/mol. The Bertz CT molecular complexity index is 779. The molecule has 0 amide bonds. The van der Waals surface area contributed by atoms with Crippen LogP contribution in [0.15, 0.2) is 45.8 Å². The molecule has 2 aromatic rings. The van der Waals surface area contributed by atoms with Crippen molar-refractivity contribution in [3.63, 3.8) is 0 Å². The Labute approximate surface area is 137 Å². The molecule has 0 aromatic heterocycles. The first-order valence-corrected chi connectivity index (χ1v) is 8.85. The maximum atomic E-state index is 12.6. The van der Waals surface area contributed by atoms with Crippen LogP contribution in [0.25, 0.3) is 0 Å². The summed E-state index contributed by atoms with van der Waals surface area (Å²) in [6.45, 7) is 1.89. The molecule has 21 heavy (non-hydrogen) atoms. The molecule has 0 heterocycles. The van der Waals surface area contributed by atoms with Crippen molar-refractivity contribution in [3.05, 3.63) is 51.5 Å². The predicted octanol–water partition coefficient (Wildman–Crippen LogP) is 4.05. The average molecular weight is 390 g/mol. The first kappa shape index (κ1) is 16.1. The Morgan fingerprint density at radius 3 is 2.62 bits per heavy atom. The molecule has 112 valence electrons. The van der Waals surface area contributed by atoms with Gasteiger partial charge in [-0.15, -0.1) is 0 Å². The summed E-state index contributed by atoms with van der Waals surface area (Å²) in [7, 11) is -3.74. The van der Waals surface area contributed by atoms with E-state index < -0.39 is 10.0 Å². The quantitative estimate of drug-likeness (QED) is 0.775. The number of aryl methyl sites for hydroxylation is 1. The van der Waals surface area contributed by atoms with Crippen LogP contribution in [0.4, 0.5) is 11.4 Å². The van der Waals surface area contributed by atoms with Crippen LogP contribution < -0.4 is 10.5 Å². The molecular formula is C14H14BrClN2O2S. The highest BCUT2D eigenvalue weighted by Gasteiger charge is 2.19. The van der Waals surface area contributed by atoms with E-state index in [-0.39, 0.29) is 4.90 Å². The van der Waals surface area contributed by atoms with Gasteiger partial charge in [-0.2, -0.15) is 0 Å². The molecule has 0 unspecified atom stereocenters. The molecule has 0 aliphatic carbocycles. The summed E-state index contributed by atoms with van der Waals surface area (Å²) in [6.07, 6.45) is 0.591. The third-order valence-corrected chi connectivity index (χ3v) is 5.31. The van der Waals surface area contributed by atoms with Gasteiger partial charge in [0.25, 0.3) is 10.0 Å². The summed E-state index contributed by atoms with van der Waals surface area (Å²) in [5, 5.41) is 0.444. The van der Waals surface area contributed by atoms with Gasteiger partial charge >= 0.3 is 0 Å². The van der Waals surface area contributed by atoms with Crippen molar-refractivity contribution in [1.82, 2.24) is 0 Å². The Morgan fingerprint density at radius 2 is 1.95 bits per heavy atom. The molecule has 2 aromatic carbocycles. The molecule has 2 rings (SSSR count). The van der Waals surface area contributed by atoms with Crippen molar-refractivity contribution < 1.29 is 8.42 Å². The van der Waals surface area contributed by atoms with Crippen molar-refractivity contribution in [3.8, 4) is 0 Å². The second-order valence-electron chi connectivity index (χ2n) is 4.45. The summed E-state index contributed by atoms with van der Waals surface area (Å²) >= 11 is 9.20. The zero-order chi connectivity index (χ0) is 15.6. The molecule has 0 aliphatic heterocycles. The first-order chi connectivity index (χ1) is 9.83. The lowest BCUT2D eigenvalue weighted by Gasteiger charge is -2.13. The highest BCUT2D eigenvalue weighted by atomic mass is 79.9. The number of nitrogens with two attached hydrogens (primary N) is 1. The van der Waals surface area contributed by atoms with Gasteiger partial charge < -0.3 is 5.73 Å².